The van der Waals surface area contributed by atoms with Gasteiger partial charge in [-0.2, -0.15) is 0 Å². The molecule has 1 aromatic heterocycles. The molecule has 0 amide bonds. The van der Waals surface area contributed by atoms with Gasteiger partial charge in [0.2, 0.25) is 9.84 Å². The number of hydrogen-bond donors (Lipinski definition) is 1. The molecule has 1 aliphatic rings. The Bertz CT molecular complexity index is 1060. The highest BCUT2D eigenvalue weighted by Crippen LogP contribution is 2.37. The Morgan fingerprint density at radius 2 is 1.63 bits per heavy atom. The van der Waals surface area contributed by atoms with E-state index < -0.39 is 9.84 Å². The fourth-order valence-electron chi connectivity index (χ4n) is 3.80. The van der Waals surface area contributed by atoms with E-state index in [9.17, 15) is 8.42 Å². The van der Waals surface area contributed by atoms with Crippen molar-refractivity contribution >= 4 is 38.8 Å². The van der Waals surface area contributed by atoms with Crippen LogP contribution >= 0.6 is 12.4 Å². The van der Waals surface area contributed by atoms with E-state index in [4.69, 9.17) is 0 Å². The number of fused-ring (bicyclic) bond motifs is 1. The van der Waals surface area contributed by atoms with Gasteiger partial charge in [0.15, 0.2) is 0 Å². The molecule has 0 unspecified atom stereocenters. The molecule has 5 nitrogen and oxygen atoms in total. The topological polar surface area (TPSA) is 54.3 Å². The predicted molar refractivity (Wildman–Crippen MR) is 112 cm³/mol. The largest absolute Gasteiger partial charge is 0.367 e. The number of nitrogens with zero attached hydrogens (tertiary/aromatic N) is 2. The molecule has 1 saturated heterocycles. The van der Waals surface area contributed by atoms with Gasteiger partial charge in [0.25, 0.3) is 0 Å². The van der Waals surface area contributed by atoms with Crippen LogP contribution in [0.2, 0.25) is 0 Å². The molecule has 1 N–H and O–H groups in total. The minimum atomic E-state index is -3.57. The third kappa shape index (κ3) is 3.22. The molecular weight excluding hydrogens is 382 g/mol. The van der Waals surface area contributed by atoms with Crippen molar-refractivity contribution in [2.24, 2.45) is 7.05 Å². The Kier molecular flexibility index (Phi) is 5.51. The van der Waals surface area contributed by atoms with Gasteiger partial charge in [-0.05, 0) is 25.1 Å². The van der Waals surface area contributed by atoms with Crippen LogP contribution in [0, 0.1) is 6.92 Å². The van der Waals surface area contributed by atoms with E-state index in [2.05, 4.69) is 16.3 Å². The van der Waals surface area contributed by atoms with E-state index in [1.807, 2.05) is 36.7 Å². The van der Waals surface area contributed by atoms with Crippen molar-refractivity contribution in [3.8, 4) is 0 Å². The first-order chi connectivity index (χ1) is 12.5. The van der Waals surface area contributed by atoms with Crippen molar-refractivity contribution in [1.82, 2.24) is 9.88 Å². The van der Waals surface area contributed by atoms with Crippen molar-refractivity contribution in [3.63, 3.8) is 0 Å². The third-order valence-corrected chi connectivity index (χ3v) is 7.15. The first-order valence-corrected chi connectivity index (χ1v) is 10.3. The highest BCUT2D eigenvalue weighted by molar-refractivity contribution is 7.91. The van der Waals surface area contributed by atoms with Crippen LogP contribution < -0.4 is 10.2 Å². The van der Waals surface area contributed by atoms with Crippen molar-refractivity contribution < 1.29 is 8.42 Å². The molecule has 27 heavy (non-hydrogen) atoms. The van der Waals surface area contributed by atoms with Crippen molar-refractivity contribution in [2.45, 2.75) is 16.7 Å². The van der Waals surface area contributed by atoms with Gasteiger partial charge in [0.05, 0.1) is 16.1 Å². The lowest BCUT2D eigenvalue weighted by molar-refractivity contribution is 0.589. The Morgan fingerprint density at radius 1 is 0.963 bits per heavy atom. The van der Waals surface area contributed by atoms with Crippen molar-refractivity contribution in [1.29, 1.82) is 0 Å². The molecule has 2 aromatic carbocycles. The average Bonchev–Trinajstić information content (AvgIpc) is 2.94. The number of anilines is 1. The zero-order chi connectivity index (χ0) is 18.3. The quantitative estimate of drug-likeness (QED) is 0.727. The summed E-state index contributed by atoms with van der Waals surface area (Å²) in [6.07, 6.45) is 0. The summed E-state index contributed by atoms with van der Waals surface area (Å²) in [6.45, 7) is 5.61. The van der Waals surface area contributed by atoms with Gasteiger partial charge < -0.3 is 14.8 Å². The maximum Gasteiger partial charge on any atom is 0.208 e. The van der Waals surface area contributed by atoms with Crippen LogP contribution in [0.3, 0.4) is 0 Å². The summed E-state index contributed by atoms with van der Waals surface area (Å²) in [7, 11) is -1.62. The number of nitrogens with one attached hydrogen (secondary N) is 1. The normalized spacial score (nSPS) is 15.0. The third-order valence-electron chi connectivity index (χ3n) is 5.21. The molecule has 4 rings (SSSR count). The van der Waals surface area contributed by atoms with Crippen LogP contribution in [0.5, 0.6) is 0 Å². The molecule has 0 atom stereocenters. The summed E-state index contributed by atoms with van der Waals surface area (Å²) in [4.78, 5) is 3.08. The zero-order valence-corrected chi connectivity index (χ0v) is 17.1. The van der Waals surface area contributed by atoms with E-state index in [0.29, 0.717) is 9.79 Å². The Hall–Kier alpha value is -2.02. The molecule has 0 aliphatic carbocycles. The number of aromatic nitrogens is 1. The molecule has 0 bridgehead atoms. The number of aryl methyl sites for hydroxylation is 1. The Morgan fingerprint density at radius 3 is 2.30 bits per heavy atom. The second-order valence-electron chi connectivity index (χ2n) is 6.70. The van der Waals surface area contributed by atoms with E-state index in [1.165, 1.54) is 0 Å². The van der Waals surface area contributed by atoms with Gasteiger partial charge in [-0.25, -0.2) is 8.42 Å². The Balaban J connectivity index is 0.00000210. The Labute approximate surface area is 166 Å². The van der Waals surface area contributed by atoms with Gasteiger partial charge in [0.1, 0.15) is 4.90 Å². The van der Waals surface area contributed by atoms with E-state index in [1.54, 1.807) is 24.3 Å². The maximum atomic E-state index is 13.3. The number of rotatable bonds is 3. The summed E-state index contributed by atoms with van der Waals surface area (Å²) in [6, 6.07) is 14.6. The van der Waals surface area contributed by atoms with Crippen molar-refractivity contribution in [3.05, 3.63) is 54.2 Å². The molecule has 2 heterocycles. The second kappa shape index (κ2) is 7.54. The molecule has 0 saturated carbocycles. The molecule has 144 valence electrons. The molecule has 3 aromatic rings. The van der Waals surface area contributed by atoms with E-state index >= 15 is 0 Å². The number of halogens is 1. The van der Waals surface area contributed by atoms with E-state index in [0.717, 1.165) is 48.5 Å². The van der Waals surface area contributed by atoms with Gasteiger partial charge >= 0.3 is 0 Å². The SMILES string of the molecule is Cc1c(S(=O)(=O)c2ccccc2)c2cccc(N3CCNCC3)c2n1C.Cl. The monoisotopic (exact) mass is 405 g/mol. The van der Waals surface area contributed by atoms with Crippen LogP contribution in [0.4, 0.5) is 5.69 Å². The summed E-state index contributed by atoms with van der Waals surface area (Å²) < 4.78 is 28.7. The molecule has 7 heteroatoms. The lowest BCUT2D eigenvalue weighted by Gasteiger charge is -2.30. The van der Waals surface area contributed by atoms with Crippen LogP contribution in [-0.2, 0) is 16.9 Å². The first kappa shape index (κ1) is 19.7. The maximum absolute atomic E-state index is 13.3. The summed E-state index contributed by atoms with van der Waals surface area (Å²) >= 11 is 0. The van der Waals surface area contributed by atoms with Crippen LogP contribution in [0.1, 0.15) is 5.69 Å². The van der Waals surface area contributed by atoms with Gasteiger partial charge in [0, 0.05) is 44.3 Å². The summed E-state index contributed by atoms with van der Waals surface area (Å²) in [5.41, 5.74) is 2.86. The lowest BCUT2D eigenvalue weighted by atomic mass is 10.2. The van der Waals surface area contributed by atoms with Crippen LogP contribution in [0.15, 0.2) is 58.3 Å². The molecule has 1 fully saturated rings. The number of hydrogen-bond acceptors (Lipinski definition) is 4. The van der Waals surface area contributed by atoms with Gasteiger partial charge in [-0.1, -0.05) is 30.3 Å². The molecule has 1 aliphatic heterocycles. The number of piperazine rings is 1. The minimum absolute atomic E-state index is 0. The van der Waals surface area contributed by atoms with Crippen LogP contribution in [0.25, 0.3) is 10.9 Å². The zero-order valence-electron chi connectivity index (χ0n) is 15.5. The van der Waals surface area contributed by atoms with Gasteiger partial charge in [-0.3, -0.25) is 0 Å². The lowest BCUT2D eigenvalue weighted by Crippen LogP contribution is -2.43. The molecule has 0 spiro atoms. The fraction of sp³-hybridized carbons (Fsp3) is 0.300. The summed E-state index contributed by atoms with van der Waals surface area (Å²) in [5.74, 6) is 0. The first-order valence-electron chi connectivity index (χ1n) is 8.85. The second-order valence-corrected chi connectivity index (χ2v) is 8.59. The predicted octanol–water partition coefficient (Wildman–Crippen LogP) is 3.15. The minimum Gasteiger partial charge on any atom is -0.367 e. The van der Waals surface area contributed by atoms with Gasteiger partial charge in [-0.15, -0.1) is 12.4 Å². The smallest absolute Gasteiger partial charge is 0.208 e. The number of benzene rings is 2. The fourth-order valence-corrected chi connectivity index (χ4v) is 5.53. The van der Waals surface area contributed by atoms with Crippen LogP contribution in [-0.4, -0.2) is 39.2 Å². The molecule has 0 radical (unpaired) electrons. The average molecular weight is 406 g/mol. The standard InChI is InChI=1S/C20H23N3O2S.ClH/c1-15-20(26(24,25)16-7-4-3-5-8-16)17-9-6-10-18(19(17)22(15)2)23-13-11-21-12-14-23;/h3-10,21H,11-14H2,1-2H3;1H. The van der Waals surface area contributed by atoms with E-state index in [-0.39, 0.29) is 12.4 Å². The highest BCUT2D eigenvalue weighted by Gasteiger charge is 2.28. The number of sulfone groups is 1. The highest BCUT2D eigenvalue weighted by atomic mass is 35.5. The summed E-state index contributed by atoms with van der Waals surface area (Å²) in [5, 5.41) is 4.16. The number of para-hydroxylation sites is 1. The van der Waals surface area contributed by atoms with Crippen molar-refractivity contribution in [2.75, 3.05) is 31.1 Å². The molecular formula is C20H24ClN3O2S.